The van der Waals surface area contributed by atoms with Crippen LogP contribution in [0.3, 0.4) is 0 Å². The van der Waals surface area contributed by atoms with E-state index in [1.807, 2.05) is 9.80 Å². The summed E-state index contributed by atoms with van der Waals surface area (Å²) in [6.07, 6.45) is 3.48. The predicted octanol–water partition coefficient (Wildman–Crippen LogP) is 0.209. The fourth-order valence-corrected chi connectivity index (χ4v) is 2.71. The van der Waals surface area contributed by atoms with E-state index in [1.54, 1.807) is 0 Å². The Labute approximate surface area is 108 Å². The highest BCUT2D eigenvalue weighted by Gasteiger charge is 2.31. The van der Waals surface area contributed by atoms with Crippen LogP contribution in [0.4, 0.5) is 0 Å². The molecule has 2 aliphatic rings. The molecule has 102 valence electrons. The van der Waals surface area contributed by atoms with Gasteiger partial charge in [0.25, 0.3) is 0 Å². The van der Waals surface area contributed by atoms with Crippen LogP contribution in [0.15, 0.2) is 0 Å². The zero-order valence-corrected chi connectivity index (χ0v) is 11.2. The minimum Gasteiger partial charge on any atom is -0.343 e. The van der Waals surface area contributed by atoms with Gasteiger partial charge in [-0.2, -0.15) is 0 Å². The second-order valence-corrected chi connectivity index (χ2v) is 5.12. The Balaban J connectivity index is 1.87. The highest BCUT2D eigenvalue weighted by molar-refractivity contribution is 5.89. The summed E-state index contributed by atoms with van der Waals surface area (Å²) in [5.41, 5.74) is 0. The first-order chi connectivity index (χ1) is 8.72. The Morgan fingerprint density at radius 1 is 1.33 bits per heavy atom. The molecule has 18 heavy (non-hydrogen) atoms. The summed E-state index contributed by atoms with van der Waals surface area (Å²) in [5, 5.41) is 3.17. The number of hydrogen-bond acceptors (Lipinski definition) is 3. The third-order valence-corrected chi connectivity index (χ3v) is 3.71. The van der Waals surface area contributed by atoms with E-state index >= 15 is 0 Å². The summed E-state index contributed by atoms with van der Waals surface area (Å²) < 4.78 is 0. The first-order valence-corrected chi connectivity index (χ1v) is 7.02. The van der Waals surface area contributed by atoms with Crippen molar-refractivity contribution < 1.29 is 9.59 Å². The van der Waals surface area contributed by atoms with E-state index < -0.39 is 0 Å². The summed E-state index contributed by atoms with van der Waals surface area (Å²) in [6.45, 7) is 6.15. The van der Waals surface area contributed by atoms with E-state index in [9.17, 15) is 9.59 Å². The van der Waals surface area contributed by atoms with Gasteiger partial charge in [-0.05, 0) is 19.3 Å². The average Bonchev–Trinajstić information content (AvgIpc) is 2.88. The lowest BCUT2D eigenvalue weighted by atomic mass is 10.1. The summed E-state index contributed by atoms with van der Waals surface area (Å²) in [4.78, 5) is 28.0. The third kappa shape index (κ3) is 3.02. The molecule has 2 aliphatic heterocycles. The molecule has 0 aromatic carbocycles. The van der Waals surface area contributed by atoms with Crippen LogP contribution in [0, 0.1) is 0 Å². The number of likely N-dealkylation sites (tertiary alicyclic amines) is 1. The molecule has 2 fully saturated rings. The van der Waals surface area contributed by atoms with Crippen molar-refractivity contribution in [2.24, 2.45) is 0 Å². The van der Waals surface area contributed by atoms with Gasteiger partial charge in [-0.25, -0.2) is 0 Å². The maximum Gasteiger partial charge on any atom is 0.240 e. The monoisotopic (exact) mass is 253 g/mol. The summed E-state index contributed by atoms with van der Waals surface area (Å²) in [5.74, 6) is 0.215. The maximum atomic E-state index is 12.2. The topological polar surface area (TPSA) is 52.7 Å². The lowest BCUT2D eigenvalue weighted by Gasteiger charge is -2.33. The van der Waals surface area contributed by atoms with Crippen molar-refractivity contribution in [3.05, 3.63) is 0 Å². The number of nitrogens with one attached hydrogen (secondary N) is 1. The highest BCUT2D eigenvalue weighted by Crippen LogP contribution is 2.12. The van der Waals surface area contributed by atoms with Crippen LogP contribution in [-0.2, 0) is 9.59 Å². The molecule has 0 spiro atoms. The fraction of sp³-hybridized carbons (Fsp3) is 0.846. The second-order valence-electron chi connectivity index (χ2n) is 5.12. The molecule has 2 saturated heterocycles. The molecule has 0 aromatic heterocycles. The summed E-state index contributed by atoms with van der Waals surface area (Å²) in [6, 6.07) is -0.307. The van der Waals surface area contributed by atoms with Gasteiger partial charge in [0.05, 0.1) is 12.5 Å². The number of carbonyl (C=O) groups is 2. The number of piperazine rings is 1. The lowest BCUT2D eigenvalue weighted by Crippen LogP contribution is -2.56. The highest BCUT2D eigenvalue weighted by atomic mass is 16.2. The Hall–Kier alpha value is -1.10. The smallest absolute Gasteiger partial charge is 0.240 e. The Kier molecular flexibility index (Phi) is 4.58. The van der Waals surface area contributed by atoms with Crippen LogP contribution in [0.25, 0.3) is 0 Å². The first kappa shape index (κ1) is 13.3. The maximum absolute atomic E-state index is 12.2. The molecule has 2 amide bonds. The largest absolute Gasteiger partial charge is 0.343 e. The van der Waals surface area contributed by atoms with Crippen LogP contribution in [0.2, 0.25) is 0 Å². The van der Waals surface area contributed by atoms with E-state index in [0.29, 0.717) is 6.42 Å². The third-order valence-electron chi connectivity index (χ3n) is 3.71. The molecule has 5 heteroatoms. The molecule has 1 N–H and O–H groups in total. The summed E-state index contributed by atoms with van der Waals surface area (Å²) in [7, 11) is 0. The predicted molar refractivity (Wildman–Crippen MR) is 69.1 cm³/mol. The summed E-state index contributed by atoms with van der Waals surface area (Å²) >= 11 is 0. The zero-order chi connectivity index (χ0) is 13.0. The van der Waals surface area contributed by atoms with E-state index in [1.165, 1.54) is 0 Å². The van der Waals surface area contributed by atoms with Gasteiger partial charge in [0.15, 0.2) is 0 Å². The van der Waals surface area contributed by atoms with Crippen molar-refractivity contribution in [1.82, 2.24) is 15.1 Å². The van der Waals surface area contributed by atoms with Gasteiger partial charge in [-0.15, -0.1) is 0 Å². The molecule has 0 aliphatic carbocycles. The minimum atomic E-state index is -0.307. The molecule has 0 bridgehead atoms. The lowest BCUT2D eigenvalue weighted by molar-refractivity contribution is -0.140. The molecular weight excluding hydrogens is 230 g/mol. The molecule has 1 unspecified atom stereocenters. The van der Waals surface area contributed by atoms with E-state index in [-0.39, 0.29) is 17.9 Å². The van der Waals surface area contributed by atoms with Gasteiger partial charge in [0, 0.05) is 32.7 Å². The molecule has 5 nitrogen and oxygen atoms in total. The Bertz CT molecular complexity index is 311. The second kappa shape index (κ2) is 6.18. The van der Waals surface area contributed by atoms with Gasteiger partial charge < -0.3 is 15.1 Å². The van der Waals surface area contributed by atoms with Crippen molar-refractivity contribution in [2.75, 3.05) is 32.7 Å². The van der Waals surface area contributed by atoms with Gasteiger partial charge in [0.2, 0.25) is 11.8 Å². The fourth-order valence-electron chi connectivity index (χ4n) is 2.71. The van der Waals surface area contributed by atoms with Crippen LogP contribution < -0.4 is 5.32 Å². The average molecular weight is 253 g/mol. The van der Waals surface area contributed by atoms with Crippen LogP contribution in [0.5, 0.6) is 0 Å². The minimum absolute atomic E-state index is 0.0932. The van der Waals surface area contributed by atoms with Crippen LogP contribution in [-0.4, -0.2) is 60.4 Å². The van der Waals surface area contributed by atoms with E-state index in [4.69, 9.17) is 0 Å². The molecule has 0 aromatic rings. The molecule has 2 heterocycles. The van der Waals surface area contributed by atoms with Crippen molar-refractivity contribution in [2.45, 2.75) is 38.6 Å². The van der Waals surface area contributed by atoms with Crippen molar-refractivity contribution in [1.29, 1.82) is 0 Å². The number of hydrogen-bond donors (Lipinski definition) is 1. The van der Waals surface area contributed by atoms with Gasteiger partial charge in [-0.1, -0.05) is 6.92 Å². The van der Waals surface area contributed by atoms with Crippen molar-refractivity contribution in [3.8, 4) is 0 Å². The van der Waals surface area contributed by atoms with E-state index in [0.717, 1.165) is 52.0 Å². The zero-order valence-electron chi connectivity index (χ0n) is 11.2. The Morgan fingerprint density at radius 3 is 2.72 bits per heavy atom. The van der Waals surface area contributed by atoms with Gasteiger partial charge in [0.1, 0.15) is 0 Å². The van der Waals surface area contributed by atoms with Gasteiger partial charge in [-0.3, -0.25) is 9.59 Å². The standard InChI is InChI=1S/C13H23N3O2/c1-2-6-16-9-5-14-11(13(16)18)10-12(17)15-7-3-4-8-15/h11,14H,2-10H2,1H3. The SMILES string of the molecule is CCCN1CCNC(CC(=O)N2CCCC2)C1=O. The van der Waals surface area contributed by atoms with Crippen LogP contribution in [0.1, 0.15) is 32.6 Å². The molecular formula is C13H23N3O2. The van der Waals surface area contributed by atoms with Gasteiger partial charge >= 0.3 is 0 Å². The molecule has 2 rings (SSSR count). The van der Waals surface area contributed by atoms with Crippen molar-refractivity contribution >= 4 is 11.8 Å². The molecule has 0 saturated carbocycles. The molecule has 1 atom stereocenters. The Morgan fingerprint density at radius 2 is 2.06 bits per heavy atom. The number of carbonyl (C=O) groups excluding carboxylic acids is 2. The number of nitrogens with zero attached hydrogens (tertiary/aromatic N) is 2. The number of amides is 2. The quantitative estimate of drug-likeness (QED) is 0.779. The van der Waals surface area contributed by atoms with E-state index in [2.05, 4.69) is 12.2 Å². The molecule has 0 radical (unpaired) electrons. The normalized spacial score (nSPS) is 24.7. The van der Waals surface area contributed by atoms with Crippen LogP contribution >= 0.6 is 0 Å². The number of rotatable bonds is 4. The first-order valence-electron chi connectivity index (χ1n) is 7.02. The van der Waals surface area contributed by atoms with Crippen molar-refractivity contribution in [3.63, 3.8) is 0 Å².